The Morgan fingerprint density at radius 3 is 2.79 bits per heavy atom. The lowest BCUT2D eigenvalue weighted by Crippen LogP contribution is -2.39. The van der Waals surface area contributed by atoms with Crippen LogP contribution in [0, 0.1) is 0 Å². The fourth-order valence-electron chi connectivity index (χ4n) is 2.25. The third-order valence-electron chi connectivity index (χ3n) is 3.39. The number of anilines is 2. The van der Waals surface area contributed by atoms with Gasteiger partial charge in [-0.05, 0) is 31.4 Å². The molecule has 0 aliphatic carbocycles. The summed E-state index contributed by atoms with van der Waals surface area (Å²) in [4.78, 5) is 13.9. The van der Waals surface area contributed by atoms with E-state index in [9.17, 15) is 4.79 Å². The minimum atomic E-state index is 0.149. The van der Waals surface area contributed by atoms with Gasteiger partial charge < -0.3 is 20.7 Å². The Bertz CT molecular complexity index is 442. The quantitative estimate of drug-likeness (QED) is 0.811. The summed E-state index contributed by atoms with van der Waals surface area (Å²) < 4.78 is 5.15. The fraction of sp³-hybridized carbons (Fsp3) is 0.500. The predicted molar refractivity (Wildman–Crippen MR) is 76.3 cm³/mol. The molecule has 1 aromatic rings. The van der Waals surface area contributed by atoms with E-state index in [-0.39, 0.29) is 5.91 Å². The molecule has 0 spiro atoms. The Kier molecular flexibility index (Phi) is 4.49. The number of methoxy groups -OCH3 is 1. The number of likely N-dealkylation sites (tertiary alicyclic amines) is 1. The Balaban J connectivity index is 1.89. The summed E-state index contributed by atoms with van der Waals surface area (Å²) in [6, 6.07) is 5.42. The lowest BCUT2D eigenvalue weighted by atomic mass is 10.1. The number of nitrogens with two attached hydrogens (primary N) is 1. The molecule has 5 nitrogen and oxygen atoms in total. The summed E-state index contributed by atoms with van der Waals surface area (Å²) in [5.74, 6) is 0.769. The summed E-state index contributed by atoms with van der Waals surface area (Å²) in [5, 5.41) is 3.12. The third-order valence-corrected chi connectivity index (χ3v) is 3.39. The SMILES string of the molecule is COc1cc(NCC(=O)N2CCCCC2)ccc1N. The smallest absolute Gasteiger partial charge is 0.241 e. The number of nitrogen functional groups attached to an aromatic ring is 1. The second kappa shape index (κ2) is 6.31. The van der Waals surface area contributed by atoms with E-state index in [1.165, 1.54) is 6.42 Å². The van der Waals surface area contributed by atoms with Crippen LogP contribution in [0.2, 0.25) is 0 Å². The van der Waals surface area contributed by atoms with Crippen LogP contribution < -0.4 is 15.8 Å². The molecule has 2 rings (SSSR count). The van der Waals surface area contributed by atoms with Crippen molar-refractivity contribution in [3.8, 4) is 5.75 Å². The van der Waals surface area contributed by atoms with Gasteiger partial charge in [0.15, 0.2) is 0 Å². The molecule has 1 fully saturated rings. The lowest BCUT2D eigenvalue weighted by molar-refractivity contribution is -0.130. The molecule has 1 aliphatic heterocycles. The lowest BCUT2D eigenvalue weighted by Gasteiger charge is -2.26. The van der Waals surface area contributed by atoms with E-state index in [1.807, 2.05) is 11.0 Å². The number of hydrogen-bond donors (Lipinski definition) is 2. The van der Waals surface area contributed by atoms with Crippen molar-refractivity contribution in [3.05, 3.63) is 18.2 Å². The van der Waals surface area contributed by atoms with E-state index in [0.717, 1.165) is 31.6 Å². The monoisotopic (exact) mass is 263 g/mol. The molecular weight excluding hydrogens is 242 g/mol. The maximum atomic E-state index is 12.0. The predicted octanol–water partition coefficient (Wildman–Crippen LogP) is 1.70. The Hall–Kier alpha value is -1.91. The average Bonchev–Trinajstić information content (AvgIpc) is 2.47. The molecule has 0 saturated carbocycles. The van der Waals surface area contributed by atoms with E-state index >= 15 is 0 Å². The highest BCUT2D eigenvalue weighted by Crippen LogP contribution is 2.24. The molecule has 1 aromatic carbocycles. The van der Waals surface area contributed by atoms with Crippen LogP contribution in [-0.2, 0) is 4.79 Å². The van der Waals surface area contributed by atoms with Crippen LogP contribution in [0.4, 0.5) is 11.4 Å². The highest BCUT2D eigenvalue weighted by Gasteiger charge is 2.15. The van der Waals surface area contributed by atoms with Gasteiger partial charge in [0.05, 0.1) is 19.3 Å². The first-order chi connectivity index (χ1) is 9.20. The molecule has 104 valence electrons. The van der Waals surface area contributed by atoms with Crippen LogP contribution in [0.5, 0.6) is 5.75 Å². The number of piperidine rings is 1. The molecule has 1 amide bonds. The molecule has 0 aromatic heterocycles. The van der Waals surface area contributed by atoms with Gasteiger partial charge in [-0.25, -0.2) is 0 Å². The molecule has 0 bridgehead atoms. The van der Waals surface area contributed by atoms with E-state index in [4.69, 9.17) is 10.5 Å². The molecule has 1 aliphatic rings. The van der Waals surface area contributed by atoms with Gasteiger partial charge in [-0.3, -0.25) is 4.79 Å². The number of ether oxygens (including phenoxy) is 1. The first-order valence-corrected chi connectivity index (χ1v) is 6.66. The normalized spacial score (nSPS) is 15.1. The van der Waals surface area contributed by atoms with Crippen molar-refractivity contribution in [1.82, 2.24) is 4.90 Å². The number of carbonyl (C=O) groups is 1. The van der Waals surface area contributed by atoms with Crippen LogP contribution in [0.3, 0.4) is 0 Å². The van der Waals surface area contributed by atoms with Gasteiger partial charge in [-0.1, -0.05) is 0 Å². The number of nitrogens with zero attached hydrogens (tertiary/aromatic N) is 1. The second-order valence-electron chi connectivity index (χ2n) is 4.75. The van der Waals surface area contributed by atoms with Crippen molar-refractivity contribution in [2.24, 2.45) is 0 Å². The van der Waals surface area contributed by atoms with E-state index in [0.29, 0.717) is 18.0 Å². The summed E-state index contributed by atoms with van der Waals surface area (Å²) in [7, 11) is 1.58. The molecule has 5 heteroatoms. The number of hydrogen-bond acceptors (Lipinski definition) is 4. The van der Waals surface area contributed by atoms with Crippen molar-refractivity contribution in [1.29, 1.82) is 0 Å². The molecule has 1 saturated heterocycles. The number of rotatable bonds is 4. The minimum Gasteiger partial charge on any atom is -0.495 e. The van der Waals surface area contributed by atoms with E-state index in [2.05, 4.69) is 5.32 Å². The Morgan fingerprint density at radius 1 is 1.37 bits per heavy atom. The van der Waals surface area contributed by atoms with Crippen molar-refractivity contribution in [3.63, 3.8) is 0 Å². The average molecular weight is 263 g/mol. The van der Waals surface area contributed by atoms with Crippen molar-refractivity contribution < 1.29 is 9.53 Å². The number of carbonyl (C=O) groups excluding carboxylic acids is 1. The van der Waals surface area contributed by atoms with Gasteiger partial charge in [-0.15, -0.1) is 0 Å². The zero-order valence-corrected chi connectivity index (χ0v) is 11.3. The summed E-state index contributed by atoms with van der Waals surface area (Å²) in [6.07, 6.45) is 3.45. The van der Waals surface area contributed by atoms with Crippen LogP contribution in [-0.4, -0.2) is 37.6 Å². The number of benzene rings is 1. The standard InChI is InChI=1S/C14H21N3O2/c1-19-13-9-11(5-6-12(13)15)16-10-14(18)17-7-3-2-4-8-17/h5-6,9,16H,2-4,7-8,10,15H2,1H3. The van der Waals surface area contributed by atoms with E-state index < -0.39 is 0 Å². The first-order valence-electron chi connectivity index (χ1n) is 6.66. The Labute approximate surface area is 113 Å². The molecule has 19 heavy (non-hydrogen) atoms. The van der Waals surface area contributed by atoms with Gasteiger partial charge in [0, 0.05) is 24.8 Å². The maximum Gasteiger partial charge on any atom is 0.241 e. The van der Waals surface area contributed by atoms with Gasteiger partial charge >= 0.3 is 0 Å². The third kappa shape index (κ3) is 3.53. The highest BCUT2D eigenvalue weighted by molar-refractivity contribution is 5.81. The van der Waals surface area contributed by atoms with Gasteiger partial charge in [0.2, 0.25) is 5.91 Å². The number of nitrogens with one attached hydrogen (secondary N) is 1. The van der Waals surface area contributed by atoms with Crippen LogP contribution >= 0.6 is 0 Å². The van der Waals surface area contributed by atoms with Gasteiger partial charge in [0.25, 0.3) is 0 Å². The number of amides is 1. The molecule has 3 N–H and O–H groups in total. The van der Waals surface area contributed by atoms with Crippen molar-refractivity contribution in [2.75, 3.05) is 37.8 Å². The molecule has 1 heterocycles. The Morgan fingerprint density at radius 2 is 2.11 bits per heavy atom. The largest absolute Gasteiger partial charge is 0.495 e. The highest BCUT2D eigenvalue weighted by atomic mass is 16.5. The molecule has 0 unspecified atom stereocenters. The topological polar surface area (TPSA) is 67.6 Å². The first kappa shape index (κ1) is 13.5. The van der Waals surface area contributed by atoms with Gasteiger partial charge in [-0.2, -0.15) is 0 Å². The molecule has 0 radical (unpaired) electrons. The molecular formula is C14H21N3O2. The fourth-order valence-corrected chi connectivity index (χ4v) is 2.25. The van der Waals surface area contributed by atoms with Crippen molar-refractivity contribution >= 4 is 17.3 Å². The van der Waals surface area contributed by atoms with Crippen molar-refractivity contribution in [2.45, 2.75) is 19.3 Å². The summed E-state index contributed by atoms with van der Waals surface area (Å²) in [5.41, 5.74) is 7.18. The summed E-state index contributed by atoms with van der Waals surface area (Å²) >= 11 is 0. The minimum absolute atomic E-state index is 0.149. The van der Waals surface area contributed by atoms with Crippen LogP contribution in [0.25, 0.3) is 0 Å². The van der Waals surface area contributed by atoms with E-state index in [1.54, 1.807) is 19.2 Å². The second-order valence-corrected chi connectivity index (χ2v) is 4.75. The zero-order valence-electron chi connectivity index (χ0n) is 11.3. The summed E-state index contributed by atoms with van der Waals surface area (Å²) in [6.45, 7) is 2.07. The van der Waals surface area contributed by atoms with Crippen LogP contribution in [0.1, 0.15) is 19.3 Å². The molecule has 0 atom stereocenters. The zero-order chi connectivity index (χ0) is 13.7. The van der Waals surface area contributed by atoms with Crippen LogP contribution in [0.15, 0.2) is 18.2 Å². The van der Waals surface area contributed by atoms with Gasteiger partial charge in [0.1, 0.15) is 5.75 Å². The maximum absolute atomic E-state index is 12.0.